The second-order valence-corrected chi connectivity index (χ2v) is 4.36. The highest BCUT2D eigenvalue weighted by atomic mass is 35.5. The van der Waals surface area contributed by atoms with Gasteiger partial charge in [-0.25, -0.2) is 0 Å². The van der Waals surface area contributed by atoms with Crippen LogP contribution in [-0.4, -0.2) is 18.1 Å². The van der Waals surface area contributed by atoms with Gasteiger partial charge >= 0.3 is 0 Å². The number of fused-ring (bicyclic) bond motifs is 1. The lowest BCUT2D eigenvalue weighted by atomic mass is 10.2. The summed E-state index contributed by atoms with van der Waals surface area (Å²) in [6.45, 7) is 2.17. The lowest BCUT2D eigenvalue weighted by Crippen LogP contribution is -2.23. The van der Waals surface area contributed by atoms with Gasteiger partial charge in [-0.05, 0) is 38.2 Å². The van der Waals surface area contributed by atoms with Crippen LogP contribution < -0.4 is 5.32 Å². The Morgan fingerprint density at radius 1 is 1.40 bits per heavy atom. The molecule has 1 atom stereocenters. The van der Waals surface area contributed by atoms with Gasteiger partial charge in [-0.3, -0.25) is 0 Å². The van der Waals surface area contributed by atoms with Crippen LogP contribution in [0.15, 0.2) is 24.3 Å². The van der Waals surface area contributed by atoms with Crippen LogP contribution in [0.1, 0.15) is 12.6 Å². The predicted octanol–water partition coefficient (Wildman–Crippen LogP) is 2.97. The zero-order valence-electron chi connectivity index (χ0n) is 8.97. The number of halogens is 1. The topological polar surface area (TPSA) is 27.8 Å². The second-order valence-electron chi connectivity index (χ2n) is 3.92. The Bertz CT molecular complexity index is 462. The maximum Gasteiger partial charge on any atom is 0.0457 e. The molecule has 2 N–H and O–H groups in total. The number of benzene rings is 1. The Balaban J connectivity index is 2.30. The number of rotatable bonds is 3. The Morgan fingerprint density at radius 3 is 2.93 bits per heavy atom. The summed E-state index contributed by atoms with van der Waals surface area (Å²) in [5, 5.41) is 5.19. The Kier molecular flexibility index (Phi) is 2.98. The predicted molar refractivity (Wildman–Crippen MR) is 65.5 cm³/mol. The molecular weight excluding hydrogens is 208 g/mol. The van der Waals surface area contributed by atoms with E-state index in [-0.39, 0.29) is 0 Å². The number of aromatic nitrogens is 1. The van der Waals surface area contributed by atoms with Gasteiger partial charge in [0.15, 0.2) is 0 Å². The zero-order chi connectivity index (χ0) is 10.8. The molecule has 2 aromatic rings. The summed E-state index contributed by atoms with van der Waals surface area (Å²) in [7, 11) is 1.98. The van der Waals surface area contributed by atoms with Gasteiger partial charge in [0.2, 0.25) is 0 Å². The average molecular weight is 223 g/mol. The van der Waals surface area contributed by atoms with Crippen molar-refractivity contribution in [2.24, 2.45) is 0 Å². The monoisotopic (exact) mass is 222 g/mol. The van der Waals surface area contributed by atoms with E-state index in [1.807, 2.05) is 25.2 Å². The number of hydrogen-bond donors (Lipinski definition) is 2. The summed E-state index contributed by atoms with van der Waals surface area (Å²) < 4.78 is 0. The average Bonchev–Trinajstić information content (AvgIpc) is 2.59. The number of aromatic amines is 1. The van der Waals surface area contributed by atoms with Crippen molar-refractivity contribution in [3.63, 3.8) is 0 Å². The quantitative estimate of drug-likeness (QED) is 0.821. The first kappa shape index (κ1) is 10.5. The van der Waals surface area contributed by atoms with E-state index >= 15 is 0 Å². The number of nitrogens with one attached hydrogen (secondary N) is 2. The number of hydrogen-bond acceptors (Lipinski definition) is 1. The van der Waals surface area contributed by atoms with E-state index in [4.69, 9.17) is 11.6 Å². The fourth-order valence-electron chi connectivity index (χ4n) is 1.71. The first-order valence-electron chi connectivity index (χ1n) is 5.13. The molecule has 0 amide bonds. The molecule has 15 heavy (non-hydrogen) atoms. The summed E-state index contributed by atoms with van der Waals surface area (Å²) >= 11 is 5.93. The van der Waals surface area contributed by atoms with Gasteiger partial charge in [0.25, 0.3) is 0 Å². The van der Waals surface area contributed by atoms with Crippen molar-refractivity contribution < 1.29 is 0 Å². The molecule has 0 saturated heterocycles. The molecule has 2 nitrogen and oxygen atoms in total. The van der Waals surface area contributed by atoms with Crippen molar-refractivity contribution in [1.82, 2.24) is 10.3 Å². The maximum absolute atomic E-state index is 5.93. The molecule has 0 fully saturated rings. The first-order valence-corrected chi connectivity index (χ1v) is 5.51. The van der Waals surface area contributed by atoms with Gasteiger partial charge in [0, 0.05) is 34.1 Å². The first-order chi connectivity index (χ1) is 7.19. The summed E-state index contributed by atoms with van der Waals surface area (Å²) in [5.74, 6) is 0. The largest absolute Gasteiger partial charge is 0.358 e. The molecule has 1 unspecified atom stereocenters. The minimum absolute atomic E-state index is 0.480. The van der Waals surface area contributed by atoms with Crippen molar-refractivity contribution in [1.29, 1.82) is 0 Å². The molecule has 80 valence electrons. The standard InChI is InChI=1S/C12H15ClN2/c1-8(14-2)5-11-7-9-6-10(13)3-4-12(9)15-11/h3-4,6-8,14-15H,5H2,1-2H3. The van der Waals surface area contributed by atoms with Crippen molar-refractivity contribution in [3.8, 4) is 0 Å². The molecule has 2 rings (SSSR count). The molecular formula is C12H15ClN2. The van der Waals surface area contributed by atoms with E-state index in [9.17, 15) is 0 Å². The third-order valence-corrected chi connectivity index (χ3v) is 2.89. The SMILES string of the molecule is CNC(C)Cc1cc2cc(Cl)ccc2[nH]1. The fraction of sp³-hybridized carbons (Fsp3) is 0.333. The van der Waals surface area contributed by atoms with Crippen LogP contribution in [0, 0.1) is 0 Å². The fourth-order valence-corrected chi connectivity index (χ4v) is 1.89. The van der Waals surface area contributed by atoms with Crippen LogP contribution in [0.4, 0.5) is 0 Å². The van der Waals surface area contributed by atoms with Gasteiger partial charge in [-0.1, -0.05) is 11.6 Å². The highest BCUT2D eigenvalue weighted by Gasteiger charge is 2.04. The molecule has 0 spiro atoms. The highest BCUT2D eigenvalue weighted by Crippen LogP contribution is 2.20. The zero-order valence-corrected chi connectivity index (χ0v) is 9.73. The minimum atomic E-state index is 0.480. The molecule has 0 radical (unpaired) electrons. The Morgan fingerprint density at radius 2 is 2.20 bits per heavy atom. The van der Waals surface area contributed by atoms with E-state index < -0.39 is 0 Å². The van der Waals surface area contributed by atoms with Gasteiger partial charge in [-0.15, -0.1) is 0 Å². The van der Waals surface area contributed by atoms with Gasteiger partial charge in [-0.2, -0.15) is 0 Å². The van der Waals surface area contributed by atoms with Crippen molar-refractivity contribution in [3.05, 3.63) is 35.0 Å². The van der Waals surface area contributed by atoms with Crippen LogP contribution in [0.25, 0.3) is 10.9 Å². The highest BCUT2D eigenvalue weighted by molar-refractivity contribution is 6.31. The molecule has 0 bridgehead atoms. The van der Waals surface area contributed by atoms with E-state index in [0.29, 0.717) is 6.04 Å². The molecule has 0 aliphatic rings. The molecule has 3 heteroatoms. The van der Waals surface area contributed by atoms with Crippen molar-refractivity contribution in [2.45, 2.75) is 19.4 Å². The van der Waals surface area contributed by atoms with Crippen LogP contribution >= 0.6 is 11.6 Å². The third-order valence-electron chi connectivity index (χ3n) is 2.66. The summed E-state index contributed by atoms with van der Waals surface area (Å²) in [6.07, 6.45) is 1.00. The van der Waals surface area contributed by atoms with Crippen LogP contribution in [-0.2, 0) is 6.42 Å². The van der Waals surface area contributed by atoms with E-state index in [1.54, 1.807) is 0 Å². The van der Waals surface area contributed by atoms with E-state index in [0.717, 1.165) is 17.0 Å². The van der Waals surface area contributed by atoms with Crippen LogP contribution in [0.3, 0.4) is 0 Å². The van der Waals surface area contributed by atoms with Crippen molar-refractivity contribution >= 4 is 22.5 Å². The Labute approximate surface area is 94.6 Å². The van der Waals surface area contributed by atoms with Gasteiger partial charge in [0.05, 0.1) is 0 Å². The number of likely N-dealkylation sites (N-methyl/N-ethyl adjacent to an activating group) is 1. The van der Waals surface area contributed by atoms with Crippen molar-refractivity contribution in [2.75, 3.05) is 7.05 Å². The Hall–Kier alpha value is -0.990. The summed E-state index contributed by atoms with van der Waals surface area (Å²) in [5.41, 5.74) is 2.40. The number of H-pyrrole nitrogens is 1. The van der Waals surface area contributed by atoms with Crippen LogP contribution in [0.2, 0.25) is 5.02 Å². The van der Waals surface area contributed by atoms with E-state index in [1.165, 1.54) is 11.1 Å². The summed E-state index contributed by atoms with van der Waals surface area (Å²) in [4.78, 5) is 3.39. The molecule has 1 aromatic carbocycles. The molecule has 0 saturated carbocycles. The molecule has 1 aromatic heterocycles. The smallest absolute Gasteiger partial charge is 0.0457 e. The van der Waals surface area contributed by atoms with E-state index in [2.05, 4.69) is 23.3 Å². The minimum Gasteiger partial charge on any atom is -0.358 e. The third kappa shape index (κ3) is 2.33. The molecule has 1 heterocycles. The maximum atomic E-state index is 5.93. The lowest BCUT2D eigenvalue weighted by molar-refractivity contribution is 0.603. The summed E-state index contributed by atoms with van der Waals surface area (Å²) in [6, 6.07) is 8.56. The van der Waals surface area contributed by atoms with Gasteiger partial charge in [0.1, 0.15) is 0 Å². The normalized spacial score (nSPS) is 13.3. The molecule has 0 aliphatic carbocycles. The van der Waals surface area contributed by atoms with Crippen LogP contribution in [0.5, 0.6) is 0 Å². The lowest BCUT2D eigenvalue weighted by Gasteiger charge is -2.07. The second kappa shape index (κ2) is 4.25. The molecule has 0 aliphatic heterocycles. The van der Waals surface area contributed by atoms with Gasteiger partial charge < -0.3 is 10.3 Å².